The number of thioether (sulfide) groups is 1. The maximum absolute atomic E-state index is 11.8. The van der Waals surface area contributed by atoms with Crippen LogP contribution in [0.5, 0.6) is 0 Å². The topological polar surface area (TPSA) is 34.9 Å². The van der Waals surface area contributed by atoms with Crippen LogP contribution in [0.15, 0.2) is 46.1 Å². The first-order valence-corrected chi connectivity index (χ1v) is 6.99. The molecule has 2 aromatic rings. The first-order valence-electron chi connectivity index (χ1n) is 6.00. The van der Waals surface area contributed by atoms with Crippen LogP contribution in [-0.4, -0.2) is 15.5 Å². The van der Waals surface area contributed by atoms with Crippen LogP contribution in [0.3, 0.4) is 0 Å². The van der Waals surface area contributed by atoms with E-state index >= 15 is 0 Å². The number of fused-ring (bicyclic) bond motifs is 1. The Morgan fingerprint density at radius 1 is 1.33 bits per heavy atom. The molecular formula is C14H14N2OS. The number of aromatic nitrogens is 2. The lowest BCUT2D eigenvalue weighted by molar-refractivity contribution is 0.517. The molecule has 3 rings (SSSR count). The molecule has 0 aliphatic carbocycles. The standard InChI is InChI=1S/C14H14N2OS/c1-10-6-7-14(17)16(15-10)8-11-9-18-13-5-3-2-4-12(11)13/h2-7,11H,8-9H2,1H3. The summed E-state index contributed by atoms with van der Waals surface area (Å²) in [5, 5.41) is 4.30. The summed E-state index contributed by atoms with van der Waals surface area (Å²) in [5.41, 5.74) is 2.21. The van der Waals surface area contributed by atoms with Gasteiger partial charge in [0.15, 0.2) is 0 Å². The van der Waals surface area contributed by atoms with Crippen molar-refractivity contribution < 1.29 is 0 Å². The Labute approximate surface area is 110 Å². The molecule has 3 nitrogen and oxygen atoms in total. The van der Waals surface area contributed by atoms with Gasteiger partial charge < -0.3 is 0 Å². The maximum Gasteiger partial charge on any atom is 0.266 e. The normalized spacial score (nSPS) is 17.7. The molecule has 18 heavy (non-hydrogen) atoms. The summed E-state index contributed by atoms with van der Waals surface area (Å²) in [7, 11) is 0. The molecule has 0 radical (unpaired) electrons. The third-order valence-corrected chi connectivity index (χ3v) is 4.44. The Morgan fingerprint density at radius 3 is 3.06 bits per heavy atom. The zero-order valence-corrected chi connectivity index (χ0v) is 11.0. The number of hydrogen-bond acceptors (Lipinski definition) is 3. The summed E-state index contributed by atoms with van der Waals surface area (Å²) in [6.45, 7) is 2.58. The van der Waals surface area contributed by atoms with Crippen LogP contribution < -0.4 is 5.56 Å². The van der Waals surface area contributed by atoms with E-state index in [0.29, 0.717) is 12.5 Å². The number of benzene rings is 1. The minimum Gasteiger partial charge on any atom is -0.268 e. The Kier molecular flexibility index (Phi) is 2.96. The highest BCUT2D eigenvalue weighted by Gasteiger charge is 2.23. The largest absolute Gasteiger partial charge is 0.268 e. The second kappa shape index (κ2) is 4.61. The van der Waals surface area contributed by atoms with Gasteiger partial charge in [-0.25, -0.2) is 4.68 Å². The predicted molar refractivity (Wildman–Crippen MR) is 73.1 cm³/mol. The predicted octanol–water partition coefficient (Wildman–Crippen LogP) is 2.44. The first-order chi connectivity index (χ1) is 8.74. The Hall–Kier alpha value is -1.55. The van der Waals surface area contributed by atoms with Crippen molar-refractivity contribution in [3.05, 3.63) is 58.0 Å². The van der Waals surface area contributed by atoms with Crippen molar-refractivity contribution in [3.63, 3.8) is 0 Å². The van der Waals surface area contributed by atoms with E-state index in [1.807, 2.05) is 18.7 Å². The van der Waals surface area contributed by atoms with Gasteiger partial charge in [-0.3, -0.25) is 4.79 Å². The number of aryl methyl sites for hydroxylation is 1. The van der Waals surface area contributed by atoms with Gasteiger partial charge in [-0.05, 0) is 24.6 Å². The van der Waals surface area contributed by atoms with Crippen LogP contribution in [0.4, 0.5) is 0 Å². The summed E-state index contributed by atoms with van der Waals surface area (Å²) in [4.78, 5) is 13.1. The van der Waals surface area contributed by atoms with Crippen LogP contribution >= 0.6 is 11.8 Å². The molecular weight excluding hydrogens is 244 g/mol. The minimum atomic E-state index is -0.0185. The van der Waals surface area contributed by atoms with E-state index in [0.717, 1.165) is 11.4 Å². The summed E-state index contributed by atoms with van der Waals surface area (Å²) >= 11 is 1.86. The molecule has 0 N–H and O–H groups in total. The van der Waals surface area contributed by atoms with Gasteiger partial charge in [-0.1, -0.05) is 18.2 Å². The lowest BCUT2D eigenvalue weighted by Gasteiger charge is -2.12. The summed E-state index contributed by atoms with van der Waals surface area (Å²) in [6.07, 6.45) is 0. The molecule has 1 atom stereocenters. The number of hydrogen-bond donors (Lipinski definition) is 0. The van der Waals surface area contributed by atoms with Gasteiger partial charge in [-0.15, -0.1) is 11.8 Å². The average Bonchev–Trinajstić information content (AvgIpc) is 2.78. The molecule has 0 fully saturated rings. The van der Waals surface area contributed by atoms with Crippen molar-refractivity contribution >= 4 is 11.8 Å². The quantitative estimate of drug-likeness (QED) is 0.830. The molecule has 1 aromatic heterocycles. The van der Waals surface area contributed by atoms with E-state index < -0.39 is 0 Å². The third kappa shape index (κ3) is 2.08. The minimum absolute atomic E-state index is 0.0185. The van der Waals surface area contributed by atoms with Gasteiger partial charge in [-0.2, -0.15) is 5.10 Å². The molecule has 0 bridgehead atoms. The molecule has 1 aromatic carbocycles. The fraction of sp³-hybridized carbons (Fsp3) is 0.286. The summed E-state index contributed by atoms with van der Waals surface area (Å²) < 4.78 is 1.59. The zero-order valence-electron chi connectivity index (χ0n) is 10.2. The molecule has 1 aliphatic heterocycles. The molecule has 4 heteroatoms. The fourth-order valence-electron chi connectivity index (χ4n) is 2.27. The van der Waals surface area contributed by atoms with E-state index in [9.17, 15) is 4.79 Å². The van der Waals surface area contributed by atoms with Crippen LogP contribution in [0.25, 0.3) is 0 Å². The molecule has 2 heterocycles. The molecule has 0 saturated heterocycles. The first kappa shape index (κ1) is 11.5. The van der Waals surface area contributed by atoms with E-state index in [4.69, 9.17) is 0 Å². The van der Waals surface area contributed by atoms with Crippen molar-refractivity contribution in [2.45, 2.75) is 24.3 Å². The van der Waals surface area contributed by atoms with Gasteiger partial charge in [0.1, 0.15) is 0 Å². The van der Waals surface area contributed by atoms with E-state index in [1.165, 1.54) is 10.5 Å². The van der Waals surface area contributed by atoms with Gasteiger partial charge in [0.2, 0.25) is 0 Å². The molecule has 92 valence electrons. The van der Waals surface area contributed by atoms with Crippen molar-refractivity contribution in [1.82, 2.24) is 9.78 Å². The van der Waals surface area contributed by atoms with Gasteiger partial charge >= 0.3 is 0 Å². The highest BCUT2D eigenvalue weighted by atomic mass is 32.2. The second-order valence-corrected chi connectivity index (χ2v) is 5.60. The van der Waals surface area contributed by atoms with Gasteiger partial charge in [0, 0.05) is 22.6 Å². The fourth-order valence-corrected chi connectivity index (χ4v) is 3.51. The number of nitrogens with zero attached hydrogens (tertiary/aromatic N) is 2. The summed E-state index contributed by atoms with van der Waals surface area (Å²) in [5.74, 6) is 1.42. The van der Waals surface area contributed by atoms with E-state index in [1.54, 1.807) is 16.8 Å². The van der Waals surface area contributed by atoms with Crippen molar-refractivity contribution in [1.29, 1.82) is 0 Å². The monoisotopic (exact) mass is 258 g/mol. The SMILES string of the molecule is Cc1ccc(=O)n(CC2CSc3ccccc32)n1. The Bertz CT molecular complexity index is 636. The molecule has 0 saturated carbocycles. The zero-order chi connectivity index (χ0) is 12.5. The van der Waals surface area contributed by atoms with Crippen LogP contribution in [0.2, 0.25) is 0 Å². The second-order valence-electron chi connectivity index (χ2n) is 4.54. The lowest BCUT2D eigenvalue weighted by atomic mass is 10.0. The summed E-state index contributed by atoms with van der Waals surface area (Å²) in [6, 6.07) is 11.8. The van der Waals surface area contributed by atoms with Crippen LogP contribution in [-0.2, 0) is 6.54 Å². The highest BCUT2D eigenvalue weighted by molar-refractivity contribution is 7.99. The Morgan fingerprint density at radius 2 is 2.17 bits per heavy atom. The molecule has 1 aliphatic rings. The van der Waals surface area contributed by atoms with Crippen LogP contribution in [0.1, 0.15) is 17.2 Å². The third-order valence-electron chi connectivity index (χ3n) is 3.19. The number of rotatable bonds is 2. The van der Waals surface area contributed by atoms with Crippen molar-refractivity contribution in [2.75, 3.05) is 5.75 Å². The van der Waals surface area contributed by atoms with Gasteiger partial charge in [0.05, 0.1) is 12.2 Å². The average molecular weight is 258 g/mol. The van der Waals surface area contributed by atoms with Crippen LogP contribution in [0, 0.1) is 6.92 Å². The van der Waals surface area contributed by atoms with Crippen molar-refractivity contribution in [2.24, 2.45) is 0 Å². The molecule has 1 unspecified atom stereocenters. The Balaban J connectivity index is 1.91. The van der Waals surface area contributed by atoms with E-state index in [2.05, 4.69) is 29.4 Å². The van der Waals surface area contributed by atoms with Crippen molar-refractivity contribution in [3.8, 4) is 0 Å². The smallest absolute Gasteiger partial charge is 0.266 e. The van der Waals surface area contributed by atoms with Gasteiger partial charge in [0.25, 0.3) is 5.56 Å². The lowest BCUT2D eigenvalue weighted by Crippen LogP contribution is -2.25. The van der Waals surface area contributed by atoms with E-state index in [-0.39, 0.29) is 5.56 Å². The molecule has 0 spiro atoms. The molecule has 0 amide bonds. The highest BCUT2D eigenvalue weighted by Crippen LogP contribution is 2.39. The maximum atomic E-state index is 11.8.